The summed E-state index contributed by atoms with van der Waals surface area (Å²) < 4.78 is 12.8. The van der Waals surface area contributed by atoms with E-state index in [-0.39, 0.29) is 6.29 Å². The molecule has 0 bridgehead atoms. The topological polar surface area (TPSA) is 18.5 Å². The fourth-order valence-electron chi connectivity index (χ4n) is 1.02. The van der Waals surface area contributed by atoms with Crippen LogP contribution in [0, 0.1) is 0 Å². The normalized spacial score (nSPS) is 12.6. The van der Waals surface area contributed by atoms with Crippen LogP contribution >= 0.6 is 31.9 Å². The lowest BCUT2D eigenvalue weighted by Gasteiger charge is -2.15. The number of ether oxygens (including phenoxy) is 2. The molecule has 0 amide bonds. The van der Waals surface area contributed by atoms with E-state index in [1.165, 1.54) is 0 Å². The molecule has 14 heavy (non-hydrogen) atoms. The van der Waals surface area contributed by atoms with Crippen LogP contribution in [0.4, 0.5) is 0 Å². The average molecular weight is 324 g/mol. The molecule has 0 aromatic heterocycles. The van der Waals surface area contributed by atoms with E-state index < -0.39 is 0 Å². The van der Waals surface area contributed by atoms with Gasteiger partial charge < -0.3 is 9.47 Å². The van der Waals surface area contributed by atoms with Crippen molar-refractivity contribution in [1.82, 2.24) is 0 Å². The molecule has 0 fully saturated rings. The fourth-order valence-corrected chi connectivity index (χ4v) is 2.16. The van der Waals surface area contributed by atoms with Crippen molar-refractivity contribution in [2.24, 2.45) is 0 Å². The molecule has 0 spiro atoms. The Morgan fingerprint density at radius 2 is 2.07 bits per heavy atom. The number of hydrogen-bond donors (Lipinski definition) is 0. The second-order valence-electron chi connectivity index (χ2n) is 2.72. The molecule has 0 heterocycles. The molecule has 0 saturated heterocycles. The van der Waals surface area contributed by atoms with Crippen LogP contribution in [0.5, 0.6) is 5.75 Å². The largest absolute Gasteiger partial charge is 0.464 e. The predicted molar refractivity (Wildman–Crippen MR) is 63.6 cm³/mol. The van der Waals surface area contributed by atoms with Gasteiger partial charge in [-0.05, 0) is 48.0 Å². The van der Waals surface area contributed by atoms with Crippen molar-refractivity contribution in [2.75, 3.05) is 6.61 Å². The molecular formula is C10H12Br2O2. The van der Waals surface area contributed by atoms with Gasteiger partial charge in [0, 0.05) is 11.1 Å². The van der Waals surface area contributed by atoms with Gasteiger partial charge in [0.25, 0.3) is 0 Å². The van der Waals surface area contributed by atoms with Gasteiger partial charge >= 0.3 is 0 Å². The molecule has 1 atom stereocenters. The van der Waals surface area contributed by atoms with Crippen LogP contribution in [-0.2, 0) is 4.74 Å². The molecular weight excluding hydrogens is 312 g/mol. The Bertz CT molecular complexity index is 302. The third-order valence-electron chi connectivity index (χ3n) is 1.59. The summed E-state index contributed by atoms with van der Waals surface area (Å²) in [7, 11) is 0. The van der Waals surface area contributed by atoms with Crippen LogP contribution < -0.4 is 4.74 Å². The quantitative estimate of drug-likeness (QED) is 0.780. The van der Waals surface area contributed by atoms with E-state index in [4.69, 9.17) is 9.47 Å². The maximum atomic E-state index is 5.55. The minimum Gasteiger partial charge on any atom is -0.464 e. The zero-order valence-corrected chi connectivity index (χ0v) is 11.3. The van der Waals surface area contributed by atoms with Gasteiger partial charge in [0.05, 0.1) is 4.47 Å². The molecule has 1 rings (SSSR count). The summed E-state index contributed by atoms with van der Waals surface area (Å²) in [6.07, 6.45) is -0.225. The van der Waals surface area contributed by atoms with Crippen LogP contribution in [-0.4, -0.2) is 12.9 Å². The van der Waals surface area contributed by atoms with E-state index in [9.17, 15) is 0 Å². The summed E-state index contributed by atoms with van der Waals surface area (Å²) in [5.74, 6) is 0.786. The standard InChI is InChI=1S/C10H12Br2O2/c1-3-13-7(2)14-10-5-4-8(11)6-9(10)12/h4-7H,3H2,1-2H3. The Kier molecular flexibility index (Phi) is 4.92. The molecule has 1 aromatic carbocycles. The maximum absolute atomic E-state index is 5.55. The summed E-state index contributed by atoms with van der Waals surface area (Å²) in [5.41, 5.74) is 0. The van der Waals surface area contributed by atoms with E-state index in [1.54, 1.807) is 0 Å². The van der Waals surface area contributed by atoms with Crippen LogP contribution in [0.25, 0.3) is 0 Å². The van der Waals surface area contributed by atoms with Crippen LogP contribution in [0.3, 0.4) is 0 Å². The predicted octanol–water partition coefficient (Wildman–Crippen LogP) is 3.97. The minimum absolute atomic E-state index is 0.225. The third-order valence-corrected chi connectivity index (χ3v) is 2.70. The molecule has 2 nitrogen and oxygen atoms in total. The highest BCUT2D eigenvalue weighted by Crippen LogP contribution is 2.28. The van der Waals surface area contributed by atoms with Crippen LogP contribution in [0.1, 0.15) is 13.8 Å². The van der Waals surface area contributed by atoms with Crippen molar-refractivity contribution in [3.05, 3.63) is 27.1 Å². The molecule has 0 radical (unpaired) electrons. The van der Waals surface area contributed by atoms with Gasteiger partial charge in [-0.2, -0.15) is 0 Å². The van der Waals surface area contributed by atoms with Crippen molar-refractivity contribution in [3.63, 3.8) is 0 Å². The van der Waals surface area contributed by atoms with E-state index in [0.717, 1.165) is 14.7 Å². The van der Waals surface area contributed by atoms with Gasteiger partial charge in [-0.1, -0.05) is 15.9 Å². The second kappa shape index (κ2) is 5.73. The molecule has 4 heteroatoms. The van der Waals surface area contributed by atoms with Crippen LogP contribution in [0.2, 0.25) is 0 Å². The first-order valence-electron chi connectivity index (χ1n) is 4.36. The van der Waals surface area contributed by atoms with Gasteiger partial charge in [-0.15, -0.1) is 0 Å². The van der Waals surface area contributed by atoms with Crippen molar-refractivity contribution in [3.8, 4) is 5.75 Å². The van der Waals surface area contributed by atoms with Gasteiger partial charge in [0.15, 0.2) is 6.29 Å². The smallest absolute Gasteiger partial charge is 0.197 e. The monoisotopic (exact) mass is 322 g/mol. The average Bonchev–Trinajstić information content (AvgIpc) is 2.10. The molecule has 1 unspecified atom stereocenters. The molecule has 0 N–H and O–H groups in total. The molecule has 0 aliphatic heterocycles. The first-order chi connectivity index (χ1) is 6.63. The van der Waals surface area contributed by atoms with Gasteiger partial charge in [0.2, 0.25) is 0 Å². The molecule has 0 aliphatic carbocycles. The van der Waals surface area contributed by atoms with E-state index >= 15 is 0 Å². The molecule has 1 aromatic rings. The Labute approximate surface area is 101 Å². The summed E-state index contributed by atoms with van der Waals surface area (Å²) in [5, 5.41) is 0. The Hall–Kier alpha value is -0.0600. The lowest BCUT2D eigenvalue weighted by atomic mass is 10.3. The van der Waals surface area contributed by atoms with Gasteiger partial charge in [-0.3, -0.25) is 0 Å². The second-order valence-corrected chi connectivity index (χ2v) is 4.49. The zero-order valence-electron chi connectivity index (χ0n) is 8.09. The SMILES string of the molecule is CCOC(C)Oc1ccc(Br)cc1Br. The number of hydrogen-bond acceptors (Lipinski definition) is 2. The Balaban J connectivity index is 2.67. The minimum atomic E-state index is -0.225. The van der Waals surface area contributed by atoms with Crippen molar-refractivity contribution < 1.29 is 9.47 Å². The van der Waals surface area contributed by atoms with E-state index in [1.807, 2.05) is 32.0 Å². The Morgan fingerprint density at radius 1 is 1.36 bits per heavy atom. The van der Waals surface area contributed by atoms with Crippen molar-refractivity contribution in [1.29, 1.82) is 0 Å². The maximum Gasteiger partial charge on any atom is 0.197 e. The molecule has 0 aliphatic rings. The van der Waals surface area contributed by atoms with Gasteiger partial charge in [-0.25, -0.2) is 0 Å². The molecule has 0 saturated carbocycles. The third kappa shape index (κ3) is 3.59. The zero-order chi connectivity index (χ0) is 10.6. The summed E-state index contributed by atoms with van der Waals surface area (Å²) in [6, 6.07) is 5.76. The van der Waals surface area contributed by atoms with Crippen molar-refractivity contribution in [2.45, 2.75) is 20.1 Å². The highest BCUT2D eigenvalue weighted by atomic mass is 79.9. The summed E-state index contributed by atoms with van der Waals surface area (Å²) in [4.78, 5) is 0. The lowest BCUT2D eigenvalue weighted by molar-refractivity contribution is -0.0617. The first-order valence-corrected chi connectivity index (χ1v) is 5.95. The van der Waals surface area contributed by atoms with Crippen LogP contribution in [0.15, 0.2) is 27.1 Å². The lowest BCUT2D eigenvalue weighted by Crippen LogP contribution is -2.16. The highest BCUT2D eigenvalue weighted by molar-refractivity contribution is 9.11. The van der Waals surface area contributed by atoms with E-state index in [2.05, 4.69) is 31.9 Å². The fraction of sp³-hybridized carbons (Fsp3) is 0.400. The number of benzene rings is 1. The number of rotatable bonds is 4. The van der Waals surface area contributed by atoms with E-state index in [0.29, 0.717) is 6.61 Å². The van der Waals surface area contributed by atoms with Crippen molar-refractivity contribution >= 4 is 31.9 Å². The Morgan fingerprint density at radius 3 is 2.64 bits per heavy atom. The highest BCUT2D eigenvalue weighted by Gasteiger charge is 2.06. The van der Waals surface area contributed by atoms with Gasteiger partial charge in [0.1, 0.15) is 5.75 Å². The summed E-state index contributed by atoms with van der Waals surface area (Å²) >= 11 is 6.79. The molecule has 78 valence electrons. The first kappa shape index (κ1) is 12.0. The number of halogens is 2. The summed E-state index contributed by atoms with van der Waals surface area (Å²) in [6.45, 7) is 4.46.